The largest absolute Gasteiger partial charge is 0.394 e. The Morgan fingerprint density at radius 1 is 1.26 bits per heavy atom. The first-order chi connectivity index (χ1) is 9.24. The van der Waals surface area contributed by atoms with Crippen molar-refractivity contribution in [2.75, 3.05) is 13.2 Å². The molecule has 0 amide bonds. The highest BCUT2D eigenvalue weighted by atomic mass is 16.3. The van der Waals surface area contributed by atoms with Gasteiger partial charge < -0.3 is 10.4 Å². The predicted octanol–water partition coefficient (Wildman–Crippen LogP) is 3.23. The molecule has 0 heterocycles. The SMILES string of the molecule is CC1CCC(CO)(NC/C=C/c2ccccc2)CC1. The fourth-order valence-corrected chi connectivity index (χ4v) is 2.74. The molecule has 0 spiro atoms. The van der Waals surface area contributed by atoms with E-state index in [9.17, 15) is 5.11 Å². The van der Waals surface area contributed by atoms with Gasteiger partial charge in [0.15, 0.2) is 0 Å². The van der Waals surface area contributed by atoms with Crippen LogP contribution in [0, 0.1) is 5.92 Å². The standard InChI is InChI=1S/C17H25NO/c1-15-9-11-17(14-19,12-10-15)18-13-5-8-16-6-3-2-4-7-16/h2-8,15,18-19H,9-14H2,1H3/b8-5+. The number of nitrogens with one attached hydrogen (secondary N) is 1. The molecule has 1 aromatic rings. The van der Waals surface area contributed by atoms with Gasteiger partial charge in [-0.15, -0.1) is 0 Å². The molecule has 2 nitrogen and oxygen atoms in total. The average molecular weight is 259 g/mol. The lowest BCUT2D eigenvalue weighted by molar-refractivity contribution is 0.109. The van der Waals surface area contributed by atoms with E-state index < -0.39 is 0 Å². The third kappa shape index (κ3) is 4.19. The molecule has 0 unspecified atom stereocenters. The second-order valence-corrected chi connectivity index (χ2v) is 5.81. The van der Waals surface area contributed by atoms with Crippen molar-refractivity contribution < 1.29 is 5.11 Å². The molecule has 104 valence electrons. The Bertz CT molecular complexity index is 391. The quantitative estimate of drug-likeness (QED) is 0.851. The number of aliphatic hydroxyl groups excluding tert-OH is 1. The van der Waals surface area contributed by atoms with Crippen molar-refractivity contribution in [1.82, 2.24) is 5.32 Å². The molecule has 1 saturated carbocycles. The first-order valence-corrected chi connectivity index (χ1v) is 7.32. The second-order valence-electron chi connectivity index (χ2n) is 5.81. The van der Waals surface area contributed by atoms with Crippen molar-refractivity contribution in [1.29, 1.82) is 0 Å². The van der Waals surface area contributed by atoms with E-state index in [-0.39, 0.29) is 12.1 Å². The van der Waals surface area contributed by atoms with E-state index >= 15 is 0 Å². The Labute approximate surface area is 116 Å². The van der Waals surface area contributed by atoms with Gasteiger partial charge in [0.05, 0.1) is 6.61 Å². The third-order valence-corrected chi connectivity index (χ3v) is 4.24. The lowest BCUT2D eigenvalue weighted by Crippen LogP contribution is -2.50. The maximum atomic E-state index is 9.66. The van der Waals surface area contributed by atoms with Crippen molar-refractivity contribution in [2.24, 2.45) is 5.92 Å². The molecule has 1 aliphatic carbocycles. The van der Waals surface area contributed by atoms with Crippen molar-refractivity contribution in [3.63, 3.8) is 0 Å². The number of hydrogen-bond donors (Lipinski definition) is 2. The van der Waals surface area contributed by atoms with Gasteiger partial charge >= 0.3 is 0 Å². The highest BCUT2D eigenvalue weighted by molar-refractivity contribution is 5.48. The molecule has 2 heteroatoms. The summed E-state index contributed by atoms with van der Waals surface area (Å²) in [5.74, 6) is 0.807. The fraction of sp³-hybridized carbons (Fsp3) is 0.529. The molecule has 2 N–H and O–H groups in total. The van der Waals surface area contributed by atoms with Crippen molar-refractivity contribution in [2.45, 2.75) is 38.1 Å². The summed E-state index contributed by atoms with van der Waals surface area (Å²) in [6.45, 7) is 3.37. The third-order valence-electron chi connectivity index (χ3n) is 4.24. The Hall–Kier alpha value is -1.12. The molecule has 1 aromatic carbocycles. The minimum Gasteiger partial charge on any atom is -0.394 e. The first kappa shape index (κ1) is 14.3. The van der Waals surface area contributed by atoms with Crippen molar-refractivity contribution in [3.05, 3.63) is 42.0 Å². The lowest BCUT2D eigenvalue weighted by atomic mass is 9.77. The topological polar surface area (TPSA) is 32.3 Å². The number of aliphatic hydroxyl groups is 1. The van der Waals surface area contributed by atoms with E-state index in [0.717, 1.165) is 25.3 Å². The van der Waals surface area contributed by atoms with E-state index in [2.05, 4.69) is 36.5 Å². The summed E-state index contributed by atoms with van der Waals surface area (Å²) in [6, 6.07) is 10.3. The van der Waals surface area contributed by atoms with Crippen LogP contribution in [-0.4, -0.2) is 23.8 Å². The average Bonchev–Trinajstić information content (AvgIpc) is 2.47. The second kappa shape index (κ2) is 6.88. The van der Waals surface area contributed by atoms with E-state index in [4.69, 9.17) is 0 Å². The van der Waals surface area contributed by atoms with Crippen LogP contribution in [0.5, 0.6) is 0 Å². The summed E-state index contributed by atoms with van der Waals surface area (Å²) in [7, 11) is 0. The van der Waals surface area contributed by atoms with Crippen LogP contribution in [0.25, 0.3) is 6.08 Å². The summed E-state index contributed by atoms with van der Waals surface area (Å²) in [5, 5.41) is 13.2. The van der Waals surface area contributed by atoms with Crippen LogP contribution in [0.1, 0.15) is 38.2 Å². The number of benzene rings is 1. The summed E-state index contributed by atoms with van der Waals surface area (Å²) < 4.78 is 0. The van der Waals surface area contributed by atoms with Crippen molar-refractivity contribution >= 4 is 6.08 Å². The fourth-order valence-electron chi connectivity index (χ4n) is 2.74. The zero-order chi connectivity index (χ0) is 13.6. The highest BCUT2D eigenvalue weighted by Crippen LogP contribution is 2.31. The zero-order valence-corrected chi connectivity index (χ0v) is 11.8. The van der Waals surface area contributed by atoms with Gasteiger partial charge in [-0.1, -0.05) is 49.4 Å². The normalized spacial score (nSPS) is 27.8. The van der Waals surface area contributed by atoms with E-state index in [1.807, 2.05) is 18.2 Å². The van der Waals surface area contributed by atoms with Crippen LogP contribution in [0.15, 0.2) is 36.4 Å². The molecular weight excluding hydrogens is 234 g/mol. The van der Waals surface area contributed by atoms with Crippen LogP contribution in [-0.2, 0) is 0 Å². The lowest BCUT2D eigenvalue weighted by Gasteiger charge is -2.38. The van der Waals surface area contributed by atoms with Crippen LogP contribution in [0.3, 0.4) is 0 Å². The Kier molecular flexibility index (Phi) is 5.17. The number of rotatable bonds is 5. The molecule has 0 aliphatic heterocycles. The van der Waals surface area contributed by atoms with Crippen LogP contribution >= 0.6 is 0 Å². The minimum absolute atomic E-state index is 0.0481. The minimum atomic E-state index is -0.0481. The molecular formula is C17H25NO. The molecule has 19 heavy (non-hydrogen) atoms. The molecule has 0 aromatic heterocycles. The monoisotopic (exact) mass is 259 g/mol. The molecule has 0 saturated heterocycles. The molecule has 0 atom stereocenters. The smallest absolute Gasteiger partial charge is 0.0613 e. The van der Waals surface area contributed by atoms with Gasteiger partial charge in [0.1, 0.15) is 0 Å². The number of hydrogen-bond acceptors (Lipinski definition) is 2. The molecule has 1 aliphatic rings. The van der Waals surface area contributed by atoms with Gasteiger partial charge in [-0.25, -0.2) is 0 Å². The predicted molar refractivity (Wildman–Crippen MR) is 80.9 cm³/mol. The zero-order valence-electron chi connectivity index (χ0n) is 11.8. The maximum Gasteiger partial charge on any atom is 0.0613 e. The van der Waals surface area contributed by atoms with E-state index in [1.165, 1.54) is 18.4 Å². The molecule has 1 fully saturated rings. The van der Waals surface area contributed by atoms with E-state index in [1.54, 1.807) is 0 Å². The van der Waals surface area contributed by atoms with Crippen LogP contribution in [0.4, 0.5) is 0 Å². The highest BCUT2D eigenvalue weighted by Gasteiger charge is 2.32. The van der Waals surface area contributed by atoms with Gasteiger partial charge in [-0.05, 0) is 37.2 Å². The van der Waals surface area contributed by atoms with Gasteiger partial charge in [-0.3, -0.25) is 0 Å². The Morgan fingerprint density at radius 3 is 2.58 bits per heavy atom. The van der Waals surface area contributed by atoms with Gasteiger partial charge in [0.2, 0.25) is 0 Å². The summed E-state index contributed by atoms with van der Waals surface area (Å²) in [6.07, 6.45) is 8.88. The molecule has 0 bridgehead atoms. The van der Waals surface area contributed by atoms with Crippen LogP contribution in [0.2, 0.25) is 0 Å². The Morgan fingerprint density at radius 2 is 1.95 bits per heavy atom. The summed E-state index contributed by atoms with van der Waals surface area (Å²) in [5.41, 5.74) is 1.17. The van der Waals surface area contributed by atoms with Crippen molar-refractivity contribution in [3.8, 4) is 0 Å². The maximum absolute atomic E-state index is 9.66. The van der Waals surface area contributed by atoms with Gasteiger partial charge in [0, 0.05) is 12.1 Å². The first-order valence-electron chi connectivity index (χ1n) is 7.32. The summed E-state index contributed by atoms with van der Waals surface area (Å²) in [4.78, 5) is 0. The van der Waals surface area contributed by atoms with E-state index in [0.29, 0.717) is 0 Å². The molecule has 2 rings (SSSR count). The van der Waals surface area contributed by atoms with Gasteiger partial charge in [-0.2, -0.15) is 0 Å². The van der Waals surface area contributed by atoms with Gasteiger partial charge in [0.25, 0.3) is 0 Å². The Balaban J connectivity index is 1.82. The summed E-state index contributed by atoms with van der Waals surface area (Å²) >= 11 is 0. The molecule has 0 radical (unpaired) electrons. The van der Waals surface area contributed by atoms with Crippen LogP contribution < -0.4 is 5.32 Å².